The molecule has 1 fully saturated rings. The Morgan fingerprint density at radius 3 is 2.93 bits per heavy atom. The Hall–Kier alpha value is -2.08. The molecule has 5 nitrogen and oxygen atoms in total. The molecule has 0 saturated carbocycles. The van der Waals surface area contributed by atoms with E-state index in [2.05, 4.69) is 12.3 Å². The number of aryl methyl sites for hydroxylation is 2. The summed E-state index contributed by atoms with van der Waals surface area (Å²) in [4.78, 5) is 19.6. The molecule has 1 amide bonds. The Kier molecular flexibility index (Phi) is 6.15. The molecule has 0 bridgehead atoms. The summed E-state index contributed by atoms with van der Waals surface area (Å²) in [7, 11) is 0. The van der Waals surface area contributed by atoms with E-state index in [1.54, 1.807) is 11.3 Å². The number of ether oxygens (including phenoxy) is 2. The molecule has 1 aromatic carbocycles. The fourth-order valence-corrected chi connectivity index (χ4v) is 4.88. The van der Waals surface area contributed by atoms with Crippen LogP contribution in [0.3, 0.4) is 0 Å². The zero-order valence-corrected chi connectivity index (χ0v) is 17.3. The van der Waals surface area contributed by atoms with Crippen LogP contribution in [0.1, 0.15) is 54.8 Å². The quantitative estimate of drug-likeness (QED) is 0.755. The van der Waals surface area contributed by atoms with Crippen LogP contribution < -0.4 is 9.47 Å². The Balaban J connectivity index is 1.34. The Bertz CT molecular complexity index is 820. The molecule has 0 aliphatic carbocycles. The molecule has 2 aromatic rings. The predicted octanol–water partition coefficient (Wildman–Crippen LogP) is 4.21. The van der Waals surface area contributed by atoms with Crippen molar-refractivity contribution in [3.05, 3.63) is 39.8 Å². The number of nitrogens with zero attached hydrogens (tertiary/aromatic N) is 2. The zero-order chi connectivity index (χ0) is 19.3. The number of aromatic nitrogens is 1. The van der Waals surface area contributed by atoms with Gasteiger partial charge in [0.05, 0.1) is 23.9 Å². The molecule has 4 rings (SSSR count). The second kappa shape index (κ2) is 8.95. The van der Waals surface area contributed by atoms with Crippen molar-refractivity contribution in [3.63, 3.8) is 0 Å². The molecule has 0 spiro atoms. The summed E-state index contributed by atoms with van der Waals surface area (Å²) < 4.78 is 11.4. The van der Waals surface area contributed by atoms with Gasteiger partial charge in [-0.3, -0.25) is 4.79 Å². The normalized spacial score (nSPS) is 19.3. The van der Waals surface area contributed by atoms with E-state index >= 15 is 0 Å². The van der Waals surface area contributed by atoms with Gasteiger partial charge in [-0.25, -0.2) is 4.98 Å². The smallest absolute Gasteiger partial charge is 0.222 e. The van der Waals surface area contributed by atoms with Crippen LogP contribution in [0.2, 0.25) is 0 Å². The van der Waals surface area contributed by atoms with E-state index in [0.29, 0.717) is 25.6 Å². The third kappa shape index (κ3) is 4.49. The molecular weight excluding hydrogens is 372 g/mol. The van der Waals surface area contributed by atoms with Gasteiger partial charge < -0.3 is 14.4 Å². The summed E-state index contributed by atoms with van der Waals surface area (Å²) in [6.07, 6.45) is 5.32. The number of fused-ring (bicyclic) bond motifs is 1. The summed E-state index contributed by atoms with van der Waals surface area (Å²) in [5, 5.41) is 3.34. The summed E-state index contributed by atoms with van der Waals surface area (Å²) in [5.41, 5.74) is 2.29. The SMILES string of the molecule is CCc1csc(C2CCCN(C(=O)CCc3ccc4c(c3)OCCCO4)C2)n1. The monoisotopic (exact) mass is 400 g/mol. The molecule has 1 aromatic heterocycles. The van der Waals surface area contributed by atoms with Gasteiger partial charge in [-0.05, 0) is 43.4 Å². The molecule has 2 aliphatic rings. The topological polar surface area (TPSA) is 51.7 Å². The number of hydrogen-bond acceptors (Lipinski definition) is 5. The maximum absolute atomic E-state index is 12.8. The summed E-state index contributed by atoms with van der Waals surface area (Å²) in [5.74, 6) is 2.24. The second-order valence-electron chi connectivity index (χ2n) is 7.54. The number of hydrogen-bond donors (Lipinski definition) is 0. The van der Waals surface area contributed by atoms with Crippen LogP contribution in [-0.4, -0.2) is 42.1 Å². The minimum Gasteiger partial charge on any atom is -0.490 e. The lowest BCUT2D eigenvalue weighted by Gasteiger charge is -2.32. The predicted molar refractivity (Wildman–Crippen MR) is 110 cm³/mol. The van der Waals surface area contributed by atoms with E-state index < -0.39 is 0 Å². The fourth-order valence-electron chi connectivity index (χ4n) is 3.85. The number of amides is 1. The van der Waals surface area contributed by atoms with Gasteiger partial charge in [-0.1, -0.05) is 13.0 Å². The van der Waals surface area contributed by atoms with Crippen molar-refractivity contribution in [1.29, 1.82) is 0 Å². The van der Waals surface area contributed by atoms with E-state index in [0.717, 1.165) is 68.0 Å². The van der Waals surface area contributed by atoms with Crippen LogP contribution in [0.5, 0.6) is 11.5 Å². The number of thiazole rings is 1. The molecule has 1 atom stereocenters. The highest BCUT2D eigenvalue weighted by atomic mass is 32.1. The van der Waals surface area contributed by atoms with Crippen molar-refractivity contribution in [2.75, 3.05) is 26.3 Å². The zero-order valence-electron chi connectivity index (χ0n) is 16.5. The lowest BCUT2D eigenvalue weighted by molar-refractivity contribution is -0.132. The van der Waals surface area contributed by atoms with Crippen molar-refractivity contribution in [2.45, 2.75) is 51.4 Å². The largest absolute Gasteiger partial charge is 0.490 e. The molecule has 6 heteroatoms. The van der Waals surface area contributed by atoms with Crippen LogP contribution in [0, 0.1) is 0 Å². The third-order valence-corrected chi connectivity index (χ3v) is 6.55. The van der Waals surface area contributed by atoms with Crippen LogP contribution >= 0.6 is 11.3 Å². The third-order valence-electron chi connectivity index (χ3n) is 5.49. The molecule has 0 radical (unpaired) electrons. The maximum atomic E-state index is 12.8. The van der Waals surface area contributed by atoms with E-state index in [9.17, 15) is 4.79 Å². The van der Waals surface area contributed by atoms with Crippen LogP contribution in [0.15, 0.2) is 23.6 Å². The molecular formula is C22H28N2O3S. The first-order valence-corrected chi connectivity index (χ1v) is 11.2. The second-order valence-corrected chi connectivity index (χ2v) is 8.43. The average Bonchev–Trinajstić information content (AvgIpc) is 3.10. The highest BCUT2D eigenvalue weighted by molar-refractivity contribution is 7.09. The Morgan fingerprint density at radius 2 is 2.11 bits per heavy atom. The average molecular weight is 401 g/mol. The number of carbonyl (C=O) groups excluding carboxylic acids is 1. The van der Waals surface area contributed by atoms with Gasteiger partial charge in [-0.15, -0.1) is 11.3 Å². The highest BCUT2D eigenvalue weighted by Gasteiger charge is 2.26. The number of rotatable bonds is 5. The van der Waals surface area contributed by atoms with Crippen molar-refractivity contribution < 1.29 is 14.3 Å². The van der Waals surface area contributed by atoms with Gasteiger partial charge in [-0.2, -0.15) is 0 Å². The first-order chi connectivity index (χ1) is 13.7. The number of benzene rings is 1. The minimum atomic E-state index is 0.240. The molecule has 3 heterocycles. The van der Waals surface area contributed by atoms with Crippen molar-refractivity contribution in [3.8, 4) is 11.5 Å². The summed E-state index contributed by atoms with van der Waals surface area (Å²) in [6.45, 7) is 5.18. The molecule has 1 saturated heterocycles. The lowest BCUT2D eigenvalue weighted by atomic mass is 9.98. The van der Waals surface area contributed by atoms with Crippen molar-refractivity contribution in [1.82, 2.24) is 9.88 Å². The fraction of sp³-hybridized carbons (Fsp3) is 0.545. The van der Waals surface area contributed by atoms with Crippen molar-refractivity contribution >= 4 is 17.2 Å². The van der Waals surface area contributed by atoms with Gasteiger partial charge in [0, 0.05) is 37.2 Å². The minimum absolute atomic E-state index is 0.240. The van der Waals surface area contributed by atoms with Crippen LogP contribution in [0.4, 0.5) is 0 Å². The molecule has 1 unspecified atom stereocenters. The van der Waals surface area contributed by atoms with E-state index in [1.807, 2.05) is 23.1 Å². The van der Waals surface area contributed by atoms with E-state index in [1.165, 1.54) is 5.01 Å². The van der Waals surface area contributed by atoms with E-state index in [-0.39, 0.29) is 5.91 Å². The summed E-state index contributed by atoms with van der Waals surface area (Å²) >= 11 is 1.74. The summed E-state index contributed by atoms with van der Waals surface area (Å²) in [6, 6.07) is 6.03. The lowest BCUT2D eigenvalue weighted by Crippen LogP contribution is -2.39. The van der Waals surface area contributed by atoms with Crippen LogP contribution in [0.25, 0.3) is 0 Å². The van der Waals surface area contributed by atoms with Crippen molar-refractivity contribution in [2.24, 2.45) is 0 Å². The van der Waals surface area contributed by atoms with E-state index in [4.69, 9.17) is 14.5 Å². The first kappa shape index (κ1) is 19.2. The number of likely N-dealkylation sites (tertiary alicyclic amines) is 1. The molecule has 28 heavy (non-hydrogen) atoms. The molecule has 0 N–H and O–H groups in total. The standard InChI is InChI=1S/C22H28N2O3S/c1-2-18-15-28-22(23-18)17-5-3-10-24(14-17)21(25)9-7-16-6-8-19-20(13-16)27-12-4-11-26-19/h6,8,13,15,17H,2-5,7,9-12,14H2,1H3. The number of carbonyl (C=O) groups is 1. The van der Waals surface area contributed by atoms with Crippen LogP contribution in [-0.2, 0) is 17.6 Å². The number of piperidine rings is 1. The molecule has 150 valence electrons. The van der Waals surface area contributed by atoms with Gasteiger partial charge in [0.2, 0.25) is 5.91 Å². The molecule has 2 aliphatic heterocycles. The Labute approximate surface area is 170 Å². The van der Waals surface area contributed by atoms with Gasteiger partial charge >= 0.3 is 0 Å². The highest BCUT2D eigenvalue weighted by Crippen LogP contribution is 2.32. The maximum Gasteiger partial charge on any atom is 0.222 e. The van der Waals surface area contributed by atoms with Gasteiger partial charge in [0.25, 0.3) is 0 Å². The Morgan fingerprint density at radius 1 is 1.25 bits per heavy atom. The van der Waals surface area contributed by atoms with Gasteiger partial charge in [0.1, 0.15) is 0 Å². The first-order valence-electron chi connectivity index (χ1n) is 10.3. The van der Waals surface area contributed by atoms with Gasteiger partial charge in [0.15, 0.2) is 11.5 Å².